The van der Waals surface area contributed by atoms with Crippen molar-refractivity contribution in [3.63, 3.8) is 0 Å². The van der Waals surface area contributed by atoms with Crippen LogP contribution in [0.1, 0.15) is 11.7 Å². The Hall–Kier alpha value is -6.52. The van der Waals surface area contributed by atoms with Crippen LogP contribution < -0.4 is 15.1 Å². The highest BCUT2D eigenvalue weighted by Crippen LogP contribution is 2.55. The van der Waals surface area contributed by atoms with E-state index in [1.165, 1.54) is 44.5 Å². The molecule has 4 nitrogen and oxygen atoms in total. The van der Waals surface area contributed by atoms with Gasteiger partial charge >= 0.3 is 0 Å². The van der Waals surface area contributed by atoms with Crippen LogP contribution in [0.3, 0.4) is 0 Å². The SMILES string of the molecule is c1ccc(N2c3ccccc3NC2c2cccc(N3c4ccccc4-c4c(n(-c5ccccc5)c5ccccc45)-c4ccccc43)c2)cc1. The molecule has 0 saturated carbocycles. The van der Waals surface area contributed by atoms with E-state index >= 15 is 0 Å². The largest absolute Gasteiger partial charge is 0.359 e. The lowest BCUT2D eigenvalue weighted by atomic mass is 9.98. The fourth-order valence-electron chi connectivity index (χ4n) is 7.87. The molecule has 0 bridgehead atoms. The van der Waals surface area contributed by atoms with Gasteiger partial charge in [0.25, 0.3) is 0 Å². The minimum absolute atomic E-state index is 0.0687. The molecule has 2 aliphatic heterocycles. The van der Waals surface area contributed by atoms with Gasteiger partial charge in [-0.2, -0.15) is 0 Å². The molecule has 0 saturated heterocycles. The summed E-state index contributed by atoms with van der Waals surface area (Å²) in [5.41, 5.74) is 15.3. The number of rotatable bonds is 4. The number of hydrogen-bond acceptors (Lipinski definition) is 3. The number of hydrogen-bond donors (Lipinski definition) is 1. The maximum Gasteiger partial charge on any atom is 0.130 e. The molecular formula is C45H32N4. The highest BCUT2D eigenvalue weighted by molar-refractivity contribution is 6.13. The lowest BCUT2D eigenvalue weighted by Gasteiger charge is -2.30. The third kappa shape index (κ3) is 4.24. The van der Waals surface area contributed by atoms with Gasteiger partial charge < -0.3 is 19.7 Å². The second kappa shape index (κ2) is 11.0. The number of nitrogens with one attached hydrogen (secondary N) is 1. The topological polar surface area (TPSA) is 23.4 Å². The first-order valence-electron chi connectivity index (χ1n) is 16.8. The smallest absolute Gasteiger partial charge is 0.130 e. The monoisotopic (exact) mass is 628 g/mol. The van der Waals surface area contributed by atoms with Crippen LogP contribution in [-0.4, -0.2) is 4.57 Å². The van der Waals surface area contributed by atoms with Crippen molar-refractivity contribution < 1.29 is 0 Å². The van der Waals surface area contributed by atoms with Crippen molar-refractivity contribution in [1.29, 1.82) is 0 Å². The molecule has 0 aliphatic carbocycles. The minimum atomic E-state index is -0.0687. The van der Waals surface area contributed by atoms with Crippen molar-refractivity contribution in [3.8, 4) is 28.1 Å². The van der Waals surface area contributed by atoms with Crippen LogP contribution in [0.25, 0.3) is 39.0 Å². The van der Waals surface area contributed by atoms with E-state index in [1.807, 2.05) is 0 Å². The van der Waals surface area contributed by atoms with Gasteiger partial charge in [0.1, 0.15) is 6.17 Å². The third-order valence-corrected chi connectivity index (χ3v) is 9.90. The van der Waals surface area contributed by atoms with E-state index in [1.54, 1.807) is 0 Å². The molecule has 3 heterocycles. The number of para-hydroxylation sites is 7. The van der Waals surface area contributed by atoms with E-state index in [2.05, 4.69) is 202 Å². The van der Waals surface area contributed by atoms with Gasteiger partial charge in [-0.3, -0.25) is 0 Å². The highest BCUT2D eigenvalue weighted by atomic mass is 15.3. The third-order valence-electron chi connectivity index (χ3n) is 9.90. The molecule has 8 aromatic rings. The van der Waals surface area contributed by atoms with Gasteiger partial charge in [0.2, 0.25) is 0 Å². The van der Waals surface area contributed by atoms with Crippen LogP contribution in [0.15, 0.2) is 182 Å². The fraction of sp³-hybridized carbons (Fsp3) is 0.0222. The zero-order valence-electron chi connectivity index (χ0n) is 26.7. The Labute approximate surface area is 285 Å². The van der Waals surface area contributed by atoms with Gasteiger partial charge in [-0.25, -0.2) is 0 Å². The molecule has 2 aliphatic rings. The summed E-state index contributed by atoms with van der Waals surface area (Å²) in [5.74, 6) is 0. The van der Waals surface area contributed by atoms with E-state index < -0.39 is 0 Å². The summed E-state index contributed by atoms with van der Waals surface area (Å²) >= 11 is 0. The second-order valence-corrected chi connectivity index (χ2v) is 12.6. The van der Waals surface area contributed by atoms with Gasteiger partial charge in [0, 0.05) is 39.1 Å². The number of aromatic nitrogens is 1. The Morgan fingerprint density at radius 3 is 1.84 bits per heavy atom. The molecule has 0 fully saturated rings. The van der Waals surface area contributed by atoms with Crippen LogP contribution in [0, 0.1) is 0 Å². The summed E-state index contributed by atoms with van der Waals surface area (Å²) in [7, 11) is 0. The first-order valence-corrected chi connectivity index (χ1v) is 16.8. The number of anilines is 6. The summed E-state index contributed by atoms with van der Waals surface area (Å²) in [6, 6.07) is 65.6. The van der Waals surface area contributed by atoms with Gasteiger partial charge in [-0.15, -0.1) is 0 Å². The maximum atomic E-state index is 3.84. The fourth-order valence-corrected chi connectivity index (χ4v) is 7.87. The average molecular weight is 629 g/mol. The zero-order chi connectivity index (χ0) is 32.3. The van der Waals surface area contributed by atoms with E-state index in [-0.39, 0.29) is 6.17 Å². The van der Waals surface area contributed by atoms with E-state index in [0.717, 1.165) is 34.1 Å². The summed E-state index contributed by atoms with van der Waals surface area (Å²) in [6.07, 6.45) is -0.0687. The zero-order valence-corrected chi connectivity index (χ0v) is 26.7. The number of nitrogens with zero attached hydrogens (tertiary/aromatic N) is 3. The van der Waals surface area contributed by atoms with Crippen molar-refractivity contribution in [3.05, 3.63) is 188 Å². The molecule has 10 rings (SSSR count). The lowest BCUT2D eigenvalue weighted by Crippen LogP contribution is -2.23. The maximum absolute atomic E-state index is 3.84. The lowest BCUT2D eigenvalue weighted by molar-refractivity contribution is 0.828. The van der Waals surface area contributed by atoms with E-state index in [4.69, 9.17) is 0 Å². The molecule has 0 spiro atoms. The molecular weight excluding hydrogens is 597 g/mol. The van der Waals surface area contributed by atoms with Crippen molar-refractivity contribution in [2.45, 2.75) is 6.17 Å². The molecule has 1 aromatic heterocycles. The Kier molecular flexibility index (Phi) is 6.21. The van der Waals surface area contributed by atoms with Gasteiger partial charge in [-0.05, 0) is 72.3 Å². The standard InChI is InChI=1S/C45H32N4/c1-3-17-32(18-4-1)48-40-27-12-8-23-36(40)43-35-22-7-11-26-39(35)47(41-28-13-9-24-37(41)44(43)48)34-21-15-16-31(30-34)45-46-38-25-10-14-29-42(38)49(45)33-19-5-2-6-20-33/h1-30,45-46H. The van der Waals surface area contributed by atoms with Gasteiger partial charge in [0.15, 0.2) is 0 Å². The van der Waals surface area contributed by atoms with Crippen molar-refractivity contribution in [2.75, 3.05) is 15.1 Å². The van der Waals surface area contributed by atoms with Crippen LogP contribution in [0.5, 0.6) is 0 Å². The highest BCUT2D eigenvalue weighted by Gasteiger charge is 2.34. The molecule has 1 N–H and O–H groups in total. The summed E-state index contributed by atoms with van der Waals surface area (Å²) in [4.78, 5) is 4.86. The molecule has 1 atom stereocenters. The summed E-state index contributed by atoms with van der Waals surface area (Å²) in [6.45, 7) is 0. The van der Waals surface area contributed by atoms with Crippen molar-refractivity contribution in [2.24, 2.45) is 0 Å². The van der Waals surface area contributed by atoms with Crippen molar-refractivity contribution in [1.82, 2.24) is 4.57 Å². The Morgan fingerprint density at radius 2 is 1.04 bits per heavy atom. The van der Waals surface area contributed by atoms with Gasteiger partial charge in [0.05, 0.1) is 34.0 Å². The predicted molar refractivity (Wildman–Crippen MR) is 204 cm³/mol. The second-order valence-electron chi connectivity index (χ2n) is 12.6. The molecule has 0 amide bonds. The normalized spacial score (nSPS) is 14.4. The molecule has 1 unspecified atom stereocenters. The van der Waals surface area contributed by atoms with E-state index in [9.17, 15) is 0 Å². The molecule has 49 heavy (non-hydrogen) atoms. The quantitative estimate of drug-likeness (QED) is 0.210. The average Bonchev–Trinajstić information content (AvgIpc) is 3.69. The first kappa shape index (κ1) is 27.6. The Bertz CT molecular complexity index is 2500. The van der Waals surface area contributed by atoms with Crippen LogP contribution in [0.2, 0.25) is 0 Å². The van der Waals surface area contributed by atoms with Crippen LogP contribution in [0.4, 0.5) is 34.1 Å². The summed E-state index contributed by atoms with van der Waals surface area (Å²) < 4.78 is 2.44. The molecule has 7 aromatic carbocycles. The number of benzene rings is 7. The summed E-state index contributed by atoms with van der Waals surface area (Å²) in [5, 5.41) is 5.08. The predicted octanol–water partition coefficient (Wildman–Crippen LogP) is 12.0. The van der Waals surface area contributed by atoms with Gasteiger partial charge in [-0.1, -0.05) is 115 Å². The first-order chi connectivity index (χ1) is 24.3. The van der Waals surface area contributed by atoms with E-state index in [0.29, 0.717) is 0 Å². The number of fused-ring (bicyclic) bond motifs is 8. The van der Waals surface area contributed by atoms with Crippen LogP contribution >= 0.6 is 0 Å². The molecule has 232 valence electrons. The van der Waals surface area contributed by atoms with Crippen molar-refractivity contribution >= 4 is 45.0 Å². The minimum Gasteiger partial charge on any atom is -0.359 e. The Balaban J connectivity index is 1.20. The molecule has 4 heteroatoms. The Morgan fingerprint density at radius 1 is 0.449 bits per heavy atom. The van der Waals surface area contributed by atoms with Crippen LogP contribution in [-0.2, 0) is 0 Å². The molecule has 0 radical (unpaired) electrons.